The van der Waals surface area contributed by atoms with Crippen molar-refractivity contribution in [1.29, 1.82) is 0 Å². The number of fused-ring (bicyclic) bond motifs is 1. The van der Waals surface area contributed by atoms with Crippen LogP contribution in [0.2, 0.25) is 0 Å². The predicted octanol–water partition coefficient (Wildman–Crippen LogP) is 4.34. The van der Waals surface area contributed by atoms with Gasteiger partial charge in [-0.05, 0) is 36.5 Å². The average molecular weight is 450 g/mol. The lowest BCUT2D eigenvalue weighted by atomic mass is 9.85. The molecular weight excluding hydrogens is 418 g/mol. The zero-order chi connectivity index (χ0) is 23.1. The number of benzene rings is 2. The second-order valence-electron chi connectivity index (χ2n) is 8.66. The fraction of sp³-hybridized carbons (Fsp3) is 0.407. The number of carboxylic acids is 1. The van der Waals surface area contributed by atoms with Gasteiger partial charge in [-0.15, -0.1) is 0 Å². The van der Waals surface area contributed by atoms with Crippen molar-refractivity contribution in [2.45, 2.75) is 56.7 Å². The van der Waals surface area contributed by atoms with Crippen LogP contribution in [0.3, 0.4) is 0 Å². The molecule has 2 aliphatic heterocycles. The van der Waals surface area contributed by atoms with Gasteiger partial charge < -0.3 is 14.6 Å². The summed E-state index contributed by atoms with van der Waals surface area (Å²) in [6.07, 6.45) is 7.03. The number of rotatable bonds is 12. The largest absolute Gasteiger partial charge is 0.479 e. The number of aliphatic carboxylic acids is 1. The number of hydrogen-bond donors (Lipinski definition) is 1. The summed E-state index contributed by atoms with van der Waals surface area (Å²) in [4.78, 5) is 26.1. The highest BCUT2D eigenvalue weighted by Crippen LogP contribution is 2.46. The summed E-state index contributed by atoms with van der Waals surface area (Å²) in [5.41, 5.74) is 0.700. The van der Waals surface area contributed by atoms with E-state index in [0.29, 0.717) is 12.4 Å². The van der Waals surface area contributed by atoms with E-state index in [4.69, 9.17) is 9.47 Å². The molecule has 0 spiro atoms. The number of ether oxygens (including phenoxy) is 2. The first kappa shape index (κ1) is 23.1. The van der Waals surface area contributed by atoms with Gasteiger partial charge in [-0.1, -0.05) is 73.5 Å². The summed E-state index contributed by atoms with van der Waals surface area (Å²) in [5.74, 6) is -0.970. The van der Waals surface area contributed by atoms with Gasteiger partial charge in [0, 0.05) is 13.0 Å². The number of carboxylic acid groups (broad SMARTS) is 1. The first-order chi connectivity index (χ1) is 16.1. The normalized spacial score (nSPS) is 22.7. The Bertz CT molecular complexity index is 975. The minimum Gasteiger partial charge on any atom is -0.479 e. The summed E-state index contributed by atoms with van der Waals surface area (Å²) < 4.78 is 11.6. The first-order valence-corrected chi connectivity index (χ1v) is 11.7. The molecule has 2 saturated heterocycles. The van der Waals surface area contributed by atoms with Gasteiger partial charge in [-0.2, -0.15) is 0 Å². The molecule has 0 aromatic heterocycles. The molecule has 0 bridgehead atoms. The second kappa shape index (κ2) is 10.7. The molecule has 2 aliphatic rings. The van der Waals surface area contributed by atoms with Crippen LogP contribution >= 0.6 is 0 Å². The zero-order valence-electron chi connectivity index (χ0n) is 18.8. The van der Waals surface area contributed by atoms with Crippen molar-refractivity contribution in [1.82, 2.24) is 4.90 Å². The lowest BCUT2D eigenvalue weighted by molar-refractivity contribution is -0.170. The molecule has 4 rings (SSSR count). The van der Waals surface area contributed by atoms with E-state index in [1.54, 1.807) is 6.08 Å². The Morgan fingerprint density at radius 3 is 2.36 bits per heavy atom. The minimum atomic E-state index is -1.51. The van der Waals surface area contributed by atoms with E-state index in [2.05, 4.69) is 24.3 Å². The number of aryl methyl sites for hydroxylation is 1. The van der Waals surface area contributed by atoms with E-state index in [-0.39, 0.29) is 25.4 Å². The van der Waals surface area contributed by atoms with E-state index in [1.807, 2.05) is 36.4 Å². The molecule has 0 unspecified atom stereocenters. The molecule has 33 heavy (non-hydrogen) atoms. The summed E-state index contributed by atoms with van der Waals surface area (Å²) in [6.45, 7) is 0.873. The van der Waals surface area contributed by atoms with Gasteiger partial charge in [-0.3, -0.25) is 9.69 Å². The summed E-state index contributed by atoms with van der Waals surface area (Å²) in [6, 6.07) is 19.8. The predicted molar refractivity (Wildman–Crippen MR) is 124 cm³/mol. The Hall–Kier alpha value is -3.12. The van der Waals surface area contributed by atoms with Crippen LogP contribution in [0.4, 0.5) is 0 Å². The van der Waals surface area contributed by atoms with Crippen LogP contribution < -0.4 is 0 Å². The molecule has 2 heterocycles. The molecule has 1 amide bonds. The first-order valence-electron chi connectivity index (χ1n) is 11.7. The lowest BCUT2D eigenvalue weighted by Crippen LogP contribution is -2.63. The van der Waals surface area contributed by atoms with Gasteiger partial charge in [0.05, 0.1) is 13.0 Å². The number of carbonyl (C=O) groups is 2. The third-order valence-electron chi connectivity index (χ3n) is 6.38. The van der Waals surface area contributed by atoms with E-state index in [1.165, 1.54) is 10.5 Å². The van der Waals surface area contributed by atoms with E-state index in [9.17, 15) is 14.7 Å². The standard InChI is InChI=1S/C27H31NO5/c29-24-19-25-28(24)27(26(30)31,20-22-14-8-4-9-15-22)23(33-25)16-18-32-17-10-2-1-5-11-21-12-6-3-7-13-21/h3-4,6-9,12-16,25H,1-2,5,10-11,17-20H2,(H,30,31)/b23-16-/t25-,27-/m1/s1. The van der Waals surface area contributed by atoms with Crippen molar-refractivity contribution < 1.29 is 24.2 Å². The average Bonchev–Trinajstić information content (AvgIpc) is 3.07. The molecule has 0 saturated carbocycles. The highest BCUT2D eigenvalue weighted by Gasteiger charge is 2.64. The quantitative estimate of drug-likeness (QED) is 0.385. The lowest BCUT2D eigenvalue weighted by Gasteiger charge is -2.40. The number of β-lactam (4-membered cyclic amide) rings is 1. The molecule has 6 nitrogen and oxygen atoms in total. The molecule has 2 fully saturated rings. The van der Waals surface area contributed by atoms with E-state index >= 15 is 0 Å². The minimum absolute atomic E-state index is 0.165. The van der Waals surface area contributed by atoms with Gasteiger partial charge >= 0.3 is 5.97 Å². The number of unbranched alkanes of at least 4 members (excludes halogenated alkanes) is 3. The Kier molecular flexibility index (Phi) is 7.45. The van der Waals surface area contributed by atoms with E-state index in [0.717, 1.165) is 37.7 Å². The number of amides is 1. The van der Waals surface area contributed by atoms with Crippen molar-refractivity contribution in [2.24, 2.45) is 0 Å². The molecule has 6 heteroatoms. The third kappa shape index (κ3) is 5.11. The molecule has 0 aliphatic carbocycles. The van der Waals surface area contributed by atoms with Gasteiger partial charge in [0.15, 0.2) is 6.23 Å². The van der Waals surface area contributed by atoms with Gasteiger partial charge in [0.2, 0.25) is 11.4 Å². The summed E-state index contributed by atoms with van der Waals surface area (Å²) >= 11 is 0. The summed E-state index contributed by atoms with van der Waals surface area (Å²) in [7, 11) is 0. The van der Waals surface area contributed by atoms with Crippen LogP contribution in [0.25, 0.3) is 0 Å². The molecule has 174 valence electrons. The Labute approximate surface area is 194 Å². The Morgan fingerprint density at radius 1 is 1.03 bits per heavy atom. The molecule has 2 atom stereocenters. The second-order valence-corrected chi connectivity index (χ2v) is 8.66. The zero-order valence-corrected chi connectivity index (χ0v) is 18.8. The van der Waals surface area contributed by atoms with Crippen LogP contribution in [-0.4, -0.2) is 46.9 Å². The molecule has 2 aromatic carbocycles. The Balaban J connectivity index is 1.28. The van der Waals surface area contributed by atoms with Crippen molar-refractivity contribution in [3.05, 3.63) is 83.6 Å². The number of hydrogen-bond acceptors (Lipinski definition) is 4. The fourth-order valence-corrected chi connectivity index (χ4v) is 4.62. The molecule has 2 aromatic rings. The van der Waals surface area contributed by atoms with Crippen LogP contribution in [-0.2, 0) is 31.9 Å². The van der Waals surface area contributed by atoms with Crippen molar-refractivity contribution in [2.75, 3.05) is 13.2 Å². The maximum atomic E-state index is 12.5. The van der Waals surface area contributed by atoms with Crippen LogP contribution in [0.1, 0.15) is 43.2 Å². The smallest absolute Gasteiger partial charge is 0.338 e. The van der Waals surface area contributed by atoms with Crippen LogP contribution in [0.15, 0.2) is 72.5 Å². The highest BCUT2D eigenvalue weighted by atomic mass is 16.5. The fourth-order valence-electron chi connectivity index (χ4n) is 4.62. The number of nitrogens with zero attached hydrogens (tertiary/aromatic N) is 1. The van der Waals surface area contributed by atoms with E-state index < -0.39 is 17.7 Å². The van der Waals surface area contributed by atoms with Crippen LogP contribution in [0, 0.1) is 0 Å². The Morgan fingerprint density at radius 2 is 1.70 bits per heavy atom. The number of carbonyl (C=O) groups excluding carboxylic acids is 1. The maximum absolute atomic E-state index is 12.5. The SMILES string of the molecule is O=C1C[C@H]2O/C(=C\COCCCCCCc3ccccc3)[C@](Cc3ccccc3)(C(=O)O)N12. The van der Waals surface area contributed by atoms with Crippen molar-refractivity contribution in [3.63, 3.8) is 0 Å². The monoisotopic (exact) mass is 449 g/mol. The van der Waals surface area contributed by atoms with Gasteiger partial charge in [-0.25, -0.2) is 4.79 Å². The molecular formula is C27H31NO5. The van der Waals surface area contributed by atoms with Crippen molar-refractivity contribution in [3.8, 4) is 0 Å². The van der Waals surface area contributed by atoms with Gasteiger partial charge in [0.1, 0.15) is 5.76 Å². The molecule has 0 radical (unpaired) electrons. The molecule has 1 N–H and O–H groups in total. The highest BCUT2D eigenvalue weighted by molar-refractivity contribution is 5.94. The van der Waals surface area contributed by atoms with Crippen LogP contribution in [0.5, 0.6) is 0 Å². The third-order valence-corrected chi connectivity index (χ3v) is 6.38. The van der Waals surface area contributed by atoms with Gasteiger partial charge in [0.25, 0.3) is 0 Å². The summed E-state index contributed by atoms with van der Waals surface area (Å²) in [5, 5.41) is 10.2. The maximum Gasteiger partial charge on any atom is 0.338 e. The van der Waals surface area contributed by atoms with Crippen molar-refractivity contribution >= 4 is 11.9 Å². The topological polar surface area (TPSA) is 76.1 Å².